The summed E-state index contributed by atoms with van der Waals surface area (Å²) < 4.78 is 84.2. The Labute approximate surface area is 231 Å². The van der Waals surface area contributed by atoms with Crippen LogP contribution >= 0.6 is 0 Å². The topological polar surface area (TPSA) is 80.8 Å². The van der Waals surface area contributed by atoms with Crippen molar-refractivity contribution in [1.29, 1.82) is 0 Å². The quantitative estimate of drug-likeness (QED) is 0.234. The summed E-state index contributed by atoms with van der Waals surface area (Å²) in [6, 6.07) is 10.6. The van der Waals surface area contributed by atoms with Crippen molar-refractivity contribution in [1.82, 2.24) is 9.47 Å². The van der Waals surface area contributed by atoms with Crippen molar-refractivity contribution in [3.8, 4) is 17.6 Å². The highest BCUT2D eigenvalue weighted by molar-refractivity contribution is 7.90. The van der Waals surface area contributed by atoms with Gasteiger partial charge in [-0.15, -0.1) is 0 Å². The Bertz CT molecular complexity index is 1520. The number of piperidine rings is 1. The molecule has 0 spiro atoms. The molecule has 1 aliphatic rings. The van der Waals surface area contributed by atoms with Gasteiger partial charge in [0, 0.05) is 42.5 Å². The molecule has 1 aliphatic heterocycles. The van der Waals surface area contributed by atoms with Crippen LogP contribution in [0.3, 0.4) is 0 Å². The Morgan fingerprint density at radius 3 is 2.50 bits per heavy atom. The second-order valence-corrected chi connectivity index (χ2v) is 11.8. The van der Waals surface area contributed by atoms with Gasteiger partial charge < -0.3 is 24.8 Å². The zero-order valence-corrected chi connectivity index (χ0v) is 23.2. The number of anilines is 2. The maximum atomic E-state index is 13.4. The van der Waals surface area contributed by atoms with E-state index in [-0.39, 0.29) is 28.9 Å². The summed E-state index contributed by atoms with van der Waals surface area (Å²) in [6.07, 6.45) is -1.88. The first-order chi connectivity index (χ1) is 18.9. The number of hydrogen-bond acceptors (Lipinski definition) is 6. The number of nitrogen functional groups attached to an aromatic ring is 1. The summed E-state index contributed by atoms with van der Waals surface area (Å²) in [5.41, 5.74) is 7.34. The largest absolute Gasteiger partial charge is 0.461 e. The lowest BCUT2D eigenvalue weighted by Gasteiger charge is -2.39. The SMILES string of the molecule is CCN1CCC(N(CC#Cc2cc3c(N)cccc3n2CC(F)(F)F)c2ccc(S(C)(=O)=O)cc2OCF)CC1. The number of hydrogen-bond donors (Lipinski definition) is 1. The first kappa shape index (κ1) is 29.6. The summed E-state index contributed by atoms with van der Waals surface area (Å²) in [4.78, 5) is 4.20. The van der Waals surface area contributed by atoms with Crippen LogP contribution in [0.15, 0.2) is 47.4 Å². The van der Waals surface area contributed by atoms with Gasteiger partial charge in [0.05, 0.1) is 28.3 Å². The Hall–Kier alpha value is -3.43. The molecule has 2 heterocycles. The van der Waals surface area contributed by atoms with E-state index in [1.165, 1.54) is 12.1 Å². The van der Waals surface area contributed by atoms with Gasteiger partial charge in [-0.1, -0.05) is 18.9 Å². The number of aromatic nitrogens is 1. The highest BCUT2D eigenvalue weighted by Gasteiger charge is 2.30. The summed E-state index contributed by atoms with van der Waals surface area (Å²) in [7, 11) is -3.57. The molecule has 0 aliphatic carbocycles. The minimum Gasteiger partial charge on any atom is -0.461 e. The van der Waals surface area contributed by atoms with Crippen molar-refractivity contribution >= 4 is 32.1 Å². The van der Waals surface area contributed by atoms with Crippen LogP contribution in [0.4, 0.5) is 28.9 Å². The zero-order chi connectivity index (χ0) is 29.1. The second kappa shape index (κ2) is 12.0. The van der Waals surface area contributed by atoms with Crippen LogP contribution in [0, 0.1) is 11.8 Å². The highest BCUT2D eigenvalue weighted by atomic mass is 32.2. The Morgan fingerprint density at radius 2 is 1.88 bits per heavy atom. The summed E-state index contributed by atoms with van der Waals surface area (Å²) in [5, 5.41) is 0.481. The molecule has 7 nitrogen and oxygen atoms in total. The molecule has 1 saturated heterocycles. The fourth-order valence-electron chi connectivity index (χ4n) is 5.07. The van der Waals surface area contributed by atoms with E-state index in [1.54, 1.807) is 30.3 Å². The lowest BCUT2D eigenvalue weighted by atomic mass is 10.0. The van der Waals surface area contributed by atoms with Crippen LogP contribution in [0.1, 0.15) is 25.5 Å². The molecule has 0 bridgehead atoms. The Balaban J connectivity index is 1.74. The number of ether oxygens (including phenoxy) is 1. The monoisotopic (exact) mass is 580 g/mol. The lowest BCUT2D eigenvalue weighted by Crippen LogP contribution is -2.45. The van der Waals surface area contributed by atoms with Crippen LogP contribution in [0.5, 0.6) is 5.75 Å². The predicted molar refractivity (Wildman–Crippen MR) is 148 cm³/mol. The van der Waals surface area contributed by atoms with Crippen LogP contribution < -0.4 is 15.4 Å². The number of nitrogens with two attached hydrogens (primary N) is 1. The van der Waals surface area contributed by atoms with Crippen molar-refractivity contribution in [3.63, 3.8) is 0 Å². The molecule has 4 rings (SSSR count). The molecule has 1 fully saturated rings. The average Bonchev–Trinajstić information content (AvgIpc) is 3.23. The van der Waals surface area contributed by atoms with Gasteiger partial charge in [0.25, 0.3) is 0 Å². The third kappa shape index (κ3) is 6.82. The third-order valence-electron chi connectivity index (χ3n) is 7.11. The third-order valence-corrected chi connectivity index (χ3v) is 8.22. The van der Waals surface area contributed by atoms with Crippen molar-refractivity contribution in [2.24, 2.45) is 0 Å². The van der Waals surface area contributed by atoms with E-state index in [2.05, 4.69) is 23.7 Å². The van der Waals surface area contributed by atoms with Gasteiger partial charge in [-0.25, -0.2) is 12.8 Å². The second-order valence-electron chi connectivity index (χ2n) is 9.76. The molecule has 3 aromatic rings. The minimum absolute atomic E-state index is 0.0132. The van der Waals surface area contributed by atoms with Gasteiger partial charge in [-0.05, 0) is 55.6 Å². The fourth-order valence-corrected chi connectivity index (χ4v) is 5.71. The number of nitrogens with zero attached hydrogens (tertiary/aromatic N) is 3. The van der Waals surface area contributed by atoms with E-state index in [9.17, 15) is 26.0 Å². The molecule has 0 atom stereocenters. The summed E-state index contributed by atoms with van der Waals surface area (Å²) in [6.45, 7) is 2.35. The van der Waals surface area contributed by atoms with Crippen molar-refractivity contribution in [3.05, 3.63) is 48.2 Å². The lowest BCUT2D eigenvalue weighted by molar-refractivity contribution is -0.140. The molecule has 12 heteroatoms. The fraction of sp³-hybridized carbons (Fsp3) is 0.429. The van der Waals surface area contributed by atoms with Crippen LogP contribution in [-0.2, 0) is 16.4 Å². The number of likely N-dealkylation sites (tertiary alicyclic amines) is 1. The predicted octanol–water partition coefficient (Wildman–Crippen LogP) is 4.84. The van der Waals surface area contributed by atoms with Gasteiger partial charge in [0.15, 0.2) is 9.84 Å². The standard InChI is InChI=1S/C28H32F4N4O3S/c1-3-34-14-11-20(12-15-34)35(26-10-9-22(40(2,37)38)17-27(26)39-19-29)13-5-6-21-16-23-24(33)7-4-8-25(23)36(21)18-28(30,31)32/h4,7-10,16-17,20H,3,11-15,18-19,33H2,1-2H3. The van der Waals surface area contributed by atoms with E-state index in [1.807, 2.05) is 4.90 Å². The van der Waals surface area contributed by atoms with E-state index < -0.39 is 29.4 Å². The van der Waals surface area contributed by atoms with Gasteiger partial charge in [0.2, 0.25) is 6.86 Å². The molecule has 216 valence electrons. The van der Waals surface area contributed by atoms with Crippen LogP contribution in [-0.4, -0.2) is 69.4 Å². The van der Waals surface area contributed by atoms with Gasteiger partial charge in [0.1, 0.15) is 12.3 Å². The van der Waals surface area contributed by atoms with Crippen molar-refractivity contribution < 1.29 is 30.7 Å². The molecule has 2 aromatic carbocycles. The molecule has 40 heavy (non-hydrogen) atoms. The number of alkyl halides is 4. The Kier molecular flexibility index (Phi) is 8.85. The smallest absolute Gasteiger partial charge is 0.406 e. The van der Waals surface area contributed by atoms with E-state index in [4.69, 9.17) is 10.5 Å². The van der Waals surface area contributed by atoms with Crippen LogP contribution in [0.25, 0.3) is 10.9 Å². The number of fused-ring (bicyclic) bond motifs is 1. The summed E-state index contributed by atoms with van der Waals surface area (Å²) >= 11 is 0. The number of halogens is 4. The number of rotatable bonds is 8. The van der Waals surface area contributed by atoms with E-state index >= 15 is 0 Å². The number of sulfone groups is 1. The molecule has 0 unspecified atom stereocenters. The van der Waals surface area contributed by atoms with Crippen molar-refractivity contribution in [2.45, 2.75) is 43.4 Å². The Morgan fingerprint density at radius 1 is 1.15 bits per heavy atom. The molecule has 1 aromatic heterocycles. The maximum Gasteiger partial charge on any atom is 0.406 e. The molecule has 0 amide bonds. The highest BCUT2D eigenvalue weighted by Crippen LogP contribution is 2.35. The first-order valence-electron chi connectivity index (χ1n) is 12.9. The first-order valence-corrected chi connectivity index (χ1v) is 14.8. The maximum absolute atomic E-state index is 13.4. The molecule has 2 N–H and O–H groups in total. The van der Waals surface area contributed by atoms with E-state index in [0.717, 1.165) is 43.3 Å². The summed E-state index contributed by atoms with van der Waals surface area (Å²) in [5.74, 6) is 5.96. The average molecular weight is 581 g/mol. The van der Waals surface area contributed by atoms with Gasteiger partial charge in [-0.2, -0.15) is 13.2 Å². The zero-order valence-electron chi connectivity index (χ0n) is 22.3. The molecule has 0 radical (unpaired) electrons. The minimum atomic E-state index is -4.47. The van der Waals surface area contributed by atoms with E-state index in [0.29, 0.717) is 22.3 Å². The van der Waals surface area contributed by atoms with Gasteiger partial charge in [-0.3, -0.25) is 0 Å². The normalized spacial score (nSPS) is 15.2. The number of benzene rings is 2. The van der Waals surface area contributed by atoms with Crippen molar-refractivity contribution in [2.75, 3.05) is 49.9 Å². The van der Waals surface area contributed by atoms with Crippen LogP contribution in [0.2, 0.25) is 0 Å². The molecular formula is C28H32F4N4O3S. The van der Waals surface area contributed by atoms with Gasteiger partial charge >= 0.3 is 6.18 Å². The molecular weight excluding hydrogens is 548 g/mol. The molecule has 0 saturated carbocycles.